The van der Waals surface area contributed by atoms with E-state index < -0.39 is 11.5 Å². The summed E-state index contributed by atoms with van der Waals surface area (Å²) in [5, 5.41) is 0. The van der Waals surface area contributed by atoms with Crippen LogP contribution >= 0.6 is 0 Å². The molecule has 0 radical (unpaired) electrons. The average molecular weight is 404 g/mol. The summed E-state index contributed by atoms with van der Waals surface area (Å²) >= 11 is 0. The van der Waals surface area contributed by atoms with E-state index >= 15 is 0 Å². The molecule has 6 nitrogen and oxygen atoms in total. The zero-order valence-corrected chi connectivity index (χ0v) is 16.5. The number of nitrogens with zero attached hydrogens (tertiary/aromatic N) is 4. The molecule has 1 saturated carbocycles. The number of halogens is 1. The van der Waals surface area contributed by atoms with E-state index in [1.807, 2.05) is 37.3 Å². The fourth-order valence-corrected chi connectivity index (χ4v) is 3.90. The third-order valence-corrected chi connectivity index (χ3v) is 5.76. The molecule has 2 aromatic carbocycles. The first-order chi connectivity index (χ1) is 14.5. The van der Waals surface area contributed by atoms with E-state index in [1.165, 1.54) is 21.3 Å². The maximum absolute atomic E-state index is 13.9. The van der Waals surface area contributed by atoms with Crippen molar-refractivity contribution in [3.8, 4) is 5.69 Å². The zero-order chi connectivity index (χ0) is 20.8. The maximum Gasteiger partial charge on any atom is 0.337 e. The number of benzene rings is 2. The molecule has 0 bridgehead atoms. The highest BCUT2D eigenvalue weighted by Crippen LogP contribution is 2.30. The minimum Gasteiger partial charge on any atom is -0.317 e. The molecule has 1 fully saturated rings. The number of hydrogen-bond donors (Lipinski definition) is 0. The van der Waals surface area contributed by atoms with Crippen molar-refractivity contribution in [2.45, 2.75) is 32.4 Å². The van der Waals surface area contributed by atoms with Crippen molar-refractivity contribution in [1.29, 1.82) is 0 Å². The number of rotatable bonds is 5. The summed E-state index contributed by atoms with van der Waals surface area (Å²) in [4.78, 5) is 31.1. The van der Waals surface area contributed by atoms with E-state index in [-0.39, 0.29) is 17.2 Å². The van der Waals surface area contributed by atoms with E-state index in [0.717, 1.165) is 18.4 Å². The van der Waals surface area contributed by atoms with Crippen molar-refractivity contribution in [3.05, 3.63) is 93.1 Å². The van der Waals surface area contributed by atoms with Crippen LogP contribution in [0.3, 0.4) is 0 Å². The third kappa shape index (κ3) is 3.07. The molecule has 5 rings (SSSR count). The molecule has 30 heavy (non-hydrogen) atoms. The Labute approximate surface area is 171 Å². The van der Waals surface area contributed by atoms with Gasteiger partial charge in [0.2, 0.25) is 0 Å². The van der Waals surface area contributed by atoms with Crippen LogP contribution in [-0.4, -0.2) is 18.7 Å². The largest absolute Gasteiger partial charge is 0.337 e. The molecule has 1 atom stereocenters. The molecule has 2 heterocycles. The van der Waals surface area contributed by atoms with E-state index in [4.69, 9.17) is 0 Å². The van der Waals surface area contributed by atoms with Crippen molar-refractivity contribution < 1.29 is 4.39 Å². The van der Waals surface area contributed by atoms with Crippen LogP contribution in [0.25, 0.3) is 16.9 Å². The van der Waals surface area contributed by atoms with Crippen molar-refractivity contribution in [2.75, 3.05) is 0 Å². The molecule has 1 aliphatic carbocycles. The van der Waals surface area contributed by atoms with Gasteiger partial charge in [-0.05, 0) is 49.4 Å². The van der Waals surface area contributed by atoms with Crippen LogP contribution < -0.4 is 11.2 Å². The first kappa shape index (κ1) is 18.5. The van der Waals surface area contributed by atoms with Crippen molar-refractivity contribution >= 4 is 11.2 Å². The quantitative estimate of drug-likeness (QED) is 0.511. The van der Waals surface area contributed by atoms with E-state index in [2.05, 4.69) is 4.98 Å². The molecule has 0 aliphatic heterocycles. The van der Waals surface area contributed by atoms with Crippen molar-refractivity contribution in [2.24, 2.45) is 5.92 Å². The minimum atomic E-state index is -0.484. The van der Waals surface area contributed by atoms with E-state index in [1.54, 1.807) is 23.0 Å². The summed E-state index contributed by atoms with van der Waals surface area (Å²) in [6, 6.07) is 15.4. The van der Waals surface area contributed by atoms with Gasteiger partial charge >= 0.3 is 5.69 Å². The Morgan fingerprint density at radius 2 is 1.87 bits per heavy atom. The topological polar surface area (TPSA) is 61.8 Å². The van der Waals surface area contributed by atoms with Gasteiger partial charge in [-0.3, -0.25) is 9.36 Å². The average Bonchev–Trinajstić information content (AvgIpc) is 3.47. The van der Waals surface area contributed by atoms with Gasteiger partial charge in [-0.1, -0.05) is 36.4 Å². The Morgan fingerprint density at radius 1 is 1.10 bits per heavy atom. The van der Waals surface area contributed by atoms with Crippen LogP contribution in [0.4, 0.5) is 4.39 Å². The van der Waals surface area contributed by atoms with Crippen molar-refractivity contribution in [1.82, 2.24) is 18.7 Å². The SMILES string of the molecule is CC(c1ccccc1)n1cnc2c1c(=O)n(CC1CC1)c(=O)n2-c1cccc(F)c1. The highest BCUT2D eigenvalue weighted by molar-refractivity contribution is 5.72. The van der Waals surface area contributed by atoms with Gasteiger partial charge in [-0.15, -0.1) is 0 Å². The second-order valence-electron chi connectivity index (χ2n) is 7.87. The summed E-state index contributed by atoms with van der Waals surface area (Å²) < 4.78 is 18.3. The van der Waals surface area contributed by atoms with Gasteiger partial charge in [0.15, 0.2) is 11.2 Å². The Hall–Kier alpha value is -3.48. The molecule has 152 valence electrons. The number of fused-ring (bicyclic) bond motifs is 1. The van der Waals surface area contributed by atoms with Crippen LogP contribution in [0.2, 0.25) is 0 Å². The highest BCUT2D eigenvalue weighted by atomic mass is 19.1. The van der Waals surface area contributed by atoms with Gasteiger partial charge in [0.25, 0.3) is 5.56 Å². The molecular formula is C23H21FN4O2. The molecule has 0 amide bonds. The highest BCUT2D eigenvalue weighted by Gasteiger charge is 2.27. The fraction of sp³-hybridized carbons (Fsp3) is 0.261. The number of hydrogen-bond acceptors (Lipinski definition) is 3. The predicted octanol–water partition coefficient (Wildman–Crippen LogP) is 3.51. The molecule has 1 aliphatic rings. The molecule has 0 N–H and O–H groups in total. The van der Waals surface area contributed by atoms with Crippen LogP contribution in [0.15, 0.2) is 70.5 Å². The lowest BCUT2D eigenvalue weighted by molar-refractivity contribution is 0.563. The number of aromatic nitrogens is 4. The van der Waals surface area contributed by atoms with Gasteiger partial charge in [0.1, 0.15) is 5.82 Å². The molecule has 1 unspecified atom stereocenters. The monoisotopic (exact) mass is 404 g/mol. The molecule has 2 aromatic heterocycles. The Morgan fingerprint density at radius 3 is 2.57 bits per heavy atom. The lowest BCUT2D eigenvalue weighted by Crippen LogP contribution is -2.40. The molecule has 7 heteroatoms. The summed E-state index contributed by atoms with van der Waals surface area (Å²) in [5.74, 6) is -0.124. The summed E-state index contributed by atoms with van der Waals surface area (Å²) in [6.07, 6.45) is 3.59. The summed E-state index contributed by atoms with van der Waals surface area (Å²) in [5.41, 5.74) is 1.12. The minimum absolute atomic E-state index is 0.156. The maximum atomic E-state index is 13.9. The van der Waals surface area contributed by atoms with Crippen LogP contribution in [0.5, 0.6) is 0 Å². The van der Waals surface area contributed by atoms with E-state index in [0.29, 0.717) is 23.7 Å². The van der Waals surface area contributed by atoms with Gasteiger partial charge in [0.05, 0.1) is 18.1 Å². The van der Waals surface area contributed by atoms with Gasteiger partial charge in [0, 0.05) is 6.54 Å². The second kappa shape index (κ2) is 7.09. The van der Waals surface area contributed by atoms with Gasteiger partial charge in [-0.25, -0.2) is 18.7 Å². The molecule has 4 aromatic rings. The second-order valence-corrected chi connectivity index (χ2v) is 7.87. The third-order valence-electron chi connectivity index (χ3n) is 5.76. The summed E-state index contributed by atoms with van der Waals surface area (Å²) in [6.45, 7) is 2.35. The lowest BCUT2D eigenvalue weighted by atomic mass is 10.1. The Balaban J connectivity index is 1.80. The first-order valence-corrected chi connectivity index (χ1v) is 10.1. The fourth-order valence-electron chi connectivity index (χ4n) is 3.90. The molecule has 0 saturated heterocycles. The zero-order valence-electron chi connectivity index (χ0n) is 16.5. The lowest BCUT2D eigenvalue weighted by Gasteiger charge is -2.16. The van der Waals surface area contributed by atoms with Crippen LogP contribution in [0.1, 0.15) is 31.4 Å². The smallest absolute Gasteiger partial charge is 0.317 e. The first-order valence-electron chi connectivity index (χ1n) is 10.1. The Kier molecular flexibility index (Phi) is 4.38. The predicted molar refractivity (Wildman–Crippen MR) is 113 cm³/mol. The molecule has 0 spiro atoms. The standard InChI is InChI=1S/C23H21FN4O2/c1-15(17-6-3-2-4-7-17)27-14-25-21-20(27)22(29)26(13-16-10-11-16)23(30)28(21)19-9-5-8-18(24)12-19/h2-9,12,14-16H,10-11,13H2,1H3. The van der Waals surface area contributed by atoms with Gasteiger partial charge in [-0.2, -0.15) is 0 Å². The Bertz CT molecular complexity index is 1350. The normalized spacial score (nSPS) is 14.9. The summed E-state index contributed by atoms with van der Waals surface area (Å²) in [7, 11) is 0. The molecular weight excluding hydrogens is 383 g/mol. The van der Waals surface area contributed by atoms with E-state index in [9.17, 15) is 14.0 Å². The van der Waals surface area contributed by atoms with Crippen molar-refractivity contribution in [3.63, 3.8) is 0 Å². The number of imidazole rings is 1. The van der Waals surface area contributed by atoms with Crippen LogP contribution in [0, 0.1) is 11.7 Å². The van der Waals surface area contributed by atoms with Crippen LogP contribution in [-0.2, 0) is 6.54 Å². The van der Waals surface area contributed by atoms with Gasteiger partial charge < -0.3 is 4.57 Å².